The molecule has 0 aliphatic heterocycles. The smallest absolute Gasteiger partial charge is 0.142 e. The Morgan fingerprint density at radius 3 is 2.33 bits per heavy atom. The molecule has 138 valence electrons. The summed E-state index contributed by atoms with van der Waals surface area (Å²) in [7, 11) is 0. The summed E-state index contributed by atoms with van der Waals surface area (Å²) in [6.07, 6.45) is 0. The van der Waals surface area contributed by atoms with Crippen LogP contribution in [-0.2, 0) is 11.4 Å². The molecule has 0 saturated carbocycles. The minimum Gasteiger partial charge on any atom is -0.508 e. The van der Waals surface area contributed by atoms with Gasteiger partial charge >= 0.3 is 0 Å². The first-order valence-electron chi connectivity index (χ1n) is 8.76. The largest absolute Gasteiger partial charge is 0.508 e. The van der Waals surface area contributed by atoms with Crippen LogP contribution in [0.2, 0.25) is 5.02 Å². The lowest BCUT2D eigenvalue weighted by Crippen LogP contribution is -2.01. The maximum atomic E-state index is 10.2. The van der Waals surface area contributed by atoms with E-state index in [1.165, 1.54) is 5.56 Å². The molecule has 0 aromatic heterocycles. The van der Waals surface area contributed by atoms with Gasteiger partial charge in [0.05, 0.1) is 5.71 Å². The fourth-order valence-corrected chi connectivity index (χ4v) is 2.93. The van der Waals surface area contributed by atoms with E-state index >= 15 is 0 Å². The van der Waals surface area contributed by atoms with Gasteiger partial charge in [-0.05, 0) is 67.3 Å². The number of hydrogen-bond donors (Lipinski definition) is 1. The second-order valence-corrected chi connectivity index (χ2v) is 7.06. The average Bonchev–Trinajstić information content (AvgIpc) is 2.66. The summed E-state index contributed by atoms with van der Waals surface area (Å²) in [5.41, 5.74) is 6.57. The maximum Gasteiger partial charge on any atom is 0.142 e. The summed E-state index contributed by atoms with van der Waals surface area (Å²) in [5.74, 6) is 0.232. The summed E-state index contributed by atoms with van der Waals surface area (Å²) < 4.78 is 0. The minimum absolute atomic E-state index is 0.232. The van der Waals surface area contributed by atoms with E-state index in [1.807, 2.05) is 68.4 Å². The number of hydrogen-bond acceptors (Lipinski definition) is 3. The number of rotatable bonds is 5. The Balaban J connectivity index is 1.88. The first kappa shape index (κ1) is 19.0. The van der Waals surface area contributed by atoms with Gasteiger partial charge in [-0.1, -0.05) is 58.7 Å². The summed E-state index contributed by atoms with van der Waals surface area (Å²) in [4.78, 5) is 5.54. The number of oxime groups is 1. The highest BCUT2D eigenvalue weighted by atomic mass is 35.5. The molecular weight excluding hydrogens is 358 g/mol. The molecule has 3 nitrogen and oxygen atoms in total. The van der Waals surface area contributed by atoms with Gasteiger partial charge in [-0.3, -0.25) is 0 Å². The Bertz CT molecular complexity index is 961. The Morgan fingerprint density at radius 1 is 1.00 bits per heavy atom. The van der Waals surface area contributed by atoms with Crippen molar-refractivity contribution >= 4 is 17.3 Å². The molecule has 0 aliphatic rings. The zero-order valence-electron chi connectivity index (χ0n) is 15.7. The van der Waals surface area contributed by atoms with Crippen molar-refractivity contribution in [2.45, 2.75) is 27.4 Å². The molecule has 0 saturated heterocycles. The van der Waals surface area contributed by atoms with Crippen LogP contribution in [0.1, 0.15) is 29.2 Å². The monoisotopic (exact) mass is 379 g/mol. The molecule has 3 rings (SSSR count). The number of phenolic OH excluding ortho intramolecular Hbond substituents is 1. The lowest BCUT2D eigenvalue weighted by atomic mass is 9.94. The van der Waals surface area contributed by atoms with Crippen LogP contribution in [0.25, 0.3) is 11.1 Å². The molecule has 4 heteroatoms. The summed E-state index contributed by atoms with van der Waals surface area (Å²) in [6.45, 7) is 6.19. The second kappa shape index (κ2) is 8.28. The van der Waals surface area contributed by atoms with Crippen molar-refractivity contribution < 1.29 is 9.94 Å². The molecule has 0 bridgehead atoms. The Labute approximate surface area is 164 Å². The van der Waals surface area contributed by atoms with E-state index in [-0.39, 0.29) is 5.75 Å². The summed E-state index contributed by atoms with van der Waals surface area (Å²) in [5, 5.41) is 15.1. The predicted octanol–water partition coefficient (Wildman–Crippen LogP) is 6.27. The molecule has 3 aromatic rings. The number of benzene rings is 3. The molecule has 0 unspecified atom stereocenters. The van der Waals surface area contributed by atoms with Crippen LogP contribution in [0.15, 0.2) is 65.8 Å². The molecule has 0 atom stereocenters. The molecule has 0 radical (unpaired) electrons. The fourth-order valence-electron chi connectivity index (χ4n) is 2.80. The van der Waals surface area contributed by atoms with Gasteiger partial charge in [0.2, 0.25) is 0 Å². The molecule has 27 heavy (non-hydrogen) atoms. The van der Waals surface area contributed by atoms with E-state index in [0.29, 0.717) is 17.3 Å². The molecule has 1 N–H and O–H groups in total. The van der Waals surface area contributed by atoms with E-state index in [4.69, 9.17) is 16.4 Å². The molecule has 3 aromatic carbocycles. The first-order valence-corrected chi connectivity index (χ1v) is 9.14. The molecule has 0 aliphatic carbocycles. The molecule has 0 fully saturated rings. The minimum atomic E-state index is 0.232. The molecular formula is C23H22ClNO2. The molecule has 0 spiro atoms. The van der Waals surface area contributed by atoms with Gasteiger partial charge in [0.1, 0.15) is 12.4 Å². The highest BCUT2D eigenvalue weighted by molar-refractivity contribution is 6.30. The Hall–Kier alpha value is -2.78. The highest BCUT2D eigenvalue weighted by Gasteiger charge is 2.12. The van der Waals surface area contributed by atoms with Gasteiger partial charge in [0.25, 0.3) is 0 Å². The number of aryl methyl sites for hydroxylation is 2. The summed E-state index contributed by atoms with van der Waals surface area (Å²) >= 11 is 6.01. The first-order chi connectivity index (χ1) is 12.9. The van der Waals surface area contributed by atoms with Crippen molar-refractivity contribution in [3.63, 3.8) is 0 Å². The average molecular weight is 380 g/mol. The standard InChI is InChI=1S/C23H22ClNO2/c1-15-4-6-18(7-5-15)14-27-25-17(3)21-13-23(26)16(2)12-22(21)19-8-10-20(24)11-9-19/h4-13,26H,14H2,1-3H3/b25-17+. The zero-order valence-corrected chi connectivity index (χ0v) is 16.4. The van der Waals surface area contributed by atoms with Crippen LogP contribution in [-0.4, -0.2) is 10.8 Å². The van der Waals surface area contributed by atoms with Gasteiger partial charge in [-0.2, -0.15) is 0 Å². The quantitative estimate of drug-likeness (QED) is 0.419. The molecule has 0 heterocycles. The van der Waals surface area contributed by atoms with E-state index in [2.05, 4.69) is 12.1 Å². The number of phenols is 1. The lowest BCUT2D eigenvalue weighted by Gasteiger charge is -2.13. The van der Waals surface area contributed by atoms with E-state index < -0.39 is 0 Å². The number of halogens is 1. The van der Waals surface area contributed by atoms with E-state index in [0.717, 1.165) is 27.8 Å². The van der Waals surface area contributed by atoms with Gasteiger partial charge in [-0.25, -0.2) is 0 Å². The summed E-state index contributed by atoms with van der Waals surface area (Å²) in [6, 6.07) is 19.4. The van der Waals surface area contributed by atoms with Gasteiger partial charge < -0.3 is 9.94 Å². The third kappa shape index (κ3) is 4.69. The van der Waals surface area contributed by atoms with Crippen molar-refractivity contribution in [2.75, 3.05) is 0 Å². The van der Waals surface area contributed by atoms with Crippen LogP contribution in [0.4, 0.5) is 0 Å². The topological polar surface area (TPSA) is 41.8 Å². The van der Waals surface area contributed by atoms with Crippen molar-refractivity contribution in [2.24, 2.45) is 5.16 Å². The fraction of sp³-hybridized carbons (Fsp3) is 0.174. The number of aromatic hydroxyl groups is 1. The van der Waals surface area contributed by atoms with Gasteiger partial charge in [0.15, 0.2) is 0 Å². The SMILES string of the molecule is C/C(=N\OCc1ccc(C)cc1)c1cc(O)c(C)cc1-c1ccc(Cl)cc1. The van der Waals surface area contributed by atoms with Crippen LogP contribution in [0, 0.1) is 13.8 Å². The lowest BCUT2D eigenvalue weighted by molar-refractivity contribution is 0.130. The van der Waals surface area contributed by atoms with Gasteiger partial charge in [0, 0.05) is 10.6 Å². The zero-order chi connectivity index (χ0) is 19.4. The van der Waals surface area contributed by atoms with Crippen molar-refractivity contribution in [1.82, 2.24) is 0 Å². The highest BCUT2D eigenvalue weighted by Crippen LogP contribution is 2.31. The van der Waals surface area contributed by atoms with Crippen LogP contribution in [0.5, 0.6) is 5.75 Å². The third-order valence-electron chi connectivity index (χ3n) is 4.43. The Kier molecular flexibility index (Phi) is 5.82. The van der Waals surface area contributed by atoms with Crippen molar-refractivity contribution in [1.29, 1.82) is 0 Å². The Morgan fingerprint density at radius 2 is 1.67 bits per heavy atom. The van der Waals surface area contributed by atoms with Crippen molar-refractivity contribution in [3.8, 4) is 16.9 Å². The van der Waals surface area contributed by atoms with Crippen LogP contribution in [0.3, 0.4) is 0 Å². The second-order valence-electron chi connectivity index (χ2n) is 6.63. The van der Waals surface area contributed by atoms with Gasteiger partial charge in [-0.15, -0.1) is 0 Å². The third-order valence-corrected chi connectivity index (χ3v) is 4.69. The normalized spacial score (nSPS) is 11.5. The van der Waals surface area contributed by atoms with Crippen LogP contribution < -0.4 is 0 Å². The van der Waals surface area contributed by atoms with Crippen molar-refractivity contribution in [3.05, 3.63) is 87.9 Å². The predicted molar refractivity (Wildman–Crippen MR) is 111 cm³/mol. The van der Waals surface area contributed by atoms with E-state index in [9.17, 15) is 5.11 Å². The maximum absolute atomic E-state index is 10.2. The number of nitrogens with zero attached hydrogens (tertiary/aromatic N) is 1. The van der Waals surface area contributed by atoms with E-state index in [1.54, 1.807) is 6.07 Å². The molecule has 0 amide bonds. The van der Waals surface area contributed by atoms with Crippen LogP contribution >= 0.6 is 11.6 Å².